The number of tetrazole rings is 1. The van der Waals surface area contributed by atoms with Gasteiger partial charge in [0.05, 0.1) is 4.88 Å². The topological polar surface area (TPSA) is 80.9 Å². The first-order valence-corrected chi connectivity index (χ1v) is 8.09. The zero-order valence-corrected chi connectivity index (χ0v) is 12.8. The maximum absolute atomic E-state index is 10.9. The minimum Gasteiger partial charge on any atom is -0.481 e. The minimum absolute atomic E-state index is 0.0524. The van der Waals surface area contributed by atoms with Crippen molar-refractivity contribution in [2.45, 2.75) is 45.6 Å². The quantitative estimate of drug-likeness (QED) is 0.886. The summed E-state index contributed by atoms with van der Waals surface area (Å²) < 4.78 is 1.75. The summed E-state index contributed by atoms with van der Waals surface area (Å²) >= 11 is 1.76. The second kappa shape index (κ2) is 5.93. The molecule has 0 bridgehead atoms. The van der Waals surface area contributed by atoms with Crippen molar-refractivity contribution < 1.29 is 9.90 Å². The SMILES string of the molecule is CCC(CC(=O)O)Cn1nnnc1-c1cc2c(s1)CCC2. The molecule has 0 saturated carbocycles. The Morgan fingerprint density at radius 1 is 1.52 bits per heavy atom. The molecule has 1 aliphatic carbocycles. The summed E-state index contributed by atoms with van der Waals surface area (Å²) in [4.78, 5) is 13.4. The highest BCUT2D eigenvalue weighted by Crippen LogP contribution is 2.35. The Kier molecular flexibility index (Phi) is 4.01. The molecule has 0 aromatic carbocycles. The van der Waals surface area contributed by atoms with Gasteiger partial charge in [0, 0.05) is 17.8 Å². The van der Waals surface area contributed by atoms with Gasteiger partial charge < -0.3 is 5.11 Å². The van der Waals surface area contributed by atoms with Gasteiger partial charge in [0.1, 0.15) is 0 Å². The Bertz CT molecular complexity index is 628. The maximum atomic E-state index is 10.9. The summed E-state index contributed by atoms with van der Waals surface area (Å²) in [6, 6.07) is 2.19. The van der Waals surface area contributed by atoms with E-state index in [0.717, 1.165) is 30.0 Å². The molecule has 21 heavy (non-hydrogen) atoms. The summed E-state index contributed by atoms with van der Waals surface area (Å²) in [6.45, 7) is 2.55. The van der Waals surface area contributed by atoms with Crippen LogP contribution in [0.25, 0.3) is 10.7 Å². The average Bonchev–Trinajstić information content (AvgIpc) is 3.10. The highest BCUT2D eigenvalue weighted by atomic mass is 32.1. The molecular formula is C14H18N4O2S. The van der Waals surface area contributed by atoms with Crippen LogP contribution in [0.4, 0.5) is 0 Å². The lowest BCUT2D eigenvalue weighted by Gasteiger charge is -2.12. The van der Waals surface area contributed by atoms with Gasteiger partial charge in [-0.3, -0.25) is 4.79 Å². The standard InChI is InChI=1S/C14H18N4O2S/c1-2-9(6-13(19)20)8-18-14(15-16-17-18)12-7-10-4-3-5-11(10)21-12/h7,9H,2-6,8H2,1H3,(H,19,20). The van der Waals surface area contributed by atoms with E-state index < -0.39 is 5.97 Å². The number of aliphatic carboxylic acids is 1. The number of hydrogen-bond donors (Lipinski definition) is 1. The van der Waals surface area contributed by atoms with Crippen LogP contribution in [-0.4, -0.2) is 31.3 Å². The van der Waals surface area contributed by atoms with E-state index >= 15 is 0 Å². The zero-order valence-electron chi connectivity index (χ0n) is 11.9. The van der Waals surface area contributed by atoms with Crippen molar-refractivity contribution in [3.8, 4) is 10.7 Å². The number of fused-ring (bicyclic) bond motifs is 1. The molecular weight excluding hydrogens is 288 g/mol. The molecule has 7 heteroatoms. The highest BCUT2D eigenvalue weighted by molar-refractivity contribution is 7.15. The molecule has 2 heterocycles. The van der Waals surface area contributed by atoms with E-state index in [0.29, 0.717) is 6.54 Å². The second-order valence-corrected chi connectivity index (χ2v) is 6.61. The predicted molar refractivity (Wildman–Crippen MR) is 79.2 cm³/mol. The molecule has 0 spiro atoms. The summed E-state index contributed by atoms with van der Waals surface area (Å²) in [7, 11) is 0. The summed E-state index contributed by atoms with van der Waals surface area (Å²) in [5.74, 6) is 0.0429. The third kappa shape index (κ3) is 2.97. The molecule has 1 unspecified atom stereocenters. The molecule has 1 aliphatic rings. The van der Waals surface area contributed by atoms with E-state index in [4.69, 9.17) is 5.11 Å². The average molecular weight is 306 g/mol. The molecule has 1 N–H and O–H groups in total. The highest BCUT2D eigenvalue weighted by Gasteiger charge is 2.21. The first-order chi connectivity index (χ1) is 10.2. The molecule has 2 aromatic rings. The normalized spacial score (nSPS) is 15.1. The summed E-state index contributed by atoms with van der Waals surface area (Å²) in [5, 5.41) is 20.9. The van der Waals surface area contributed by atoms with Crippen molar-refractivity contribution in [3.05, 3.63) is 16.5 Å². The fourth-order valence-corrected chi connectivity index (χ4v) is 4.02. The smallest absolute Gasteiger partial charge is 0.303 e. The number of aryl methyl sites for hydroxylation is 2. The van der Waals surface area contributed by atoms with Crippen LogP contribution in [0.1, 0.15) is 36.6 Å². The van der Waals surface area contributed by atoms with E-state index in [1.54, 1.807) is 16.0 Å². The van der Waals surface area contributed by atoms with Gasteiger partial charge >= 0.3 is 5.97 Å². The summed E-state index contributed by atoms with van der Waals surface area (Å²) in [6.07, 6.45) is 4.48. The van der Waals surface area contributed by atoms with Crippen LogP contribution in [0.3, 0.4) is 0 Å². The number of carboxylic acids is 1. The largest absolute Gasteiger partial charge is 0.481 e. The molecule has 0 fully saturated rings. The molecule has 3 rings (SSSR count). The molecule has 0 radical (unpaired) electrons. The number of nitrogens with zero attached hydrogens (tertiary/aromatic N) is 4. The van der Waals surface area contributed by atoms with Crippen molar-refractivity contribution in [3.63, 3.8) is 0 Å². The Labute approximate surface area is 126 Å². The molecule has 2 aromatic heterocycles. The van der Waals surface area contributed by atoms with E-state index in [9.17, 15) is 4.79 Å². The van der Waals surface area contributed by atoms with Crippen molar-refractivity contribution in [2.24, 2.45) is 5.92 Å². The molecule has 0 saturated heterocycles. The fourth-order valence-electron chi connectivity index (χ4n) is 2.77. The van der Waals surface area contributed by atoms with Crippen LogP contribution in [0.15, 0.2) is 6.07 Å². The number of aromatic nitrogens is 4. The predicted octanol–water partition coefficient (Wildman–Crippen LogP) is 2.39. The zero-order chi connectivity index (χ0) is 14.8. The second-order valence-electron chi connectivity index (χ2n) is 5.47. The lowest BCUT2D eigenvalue weighted by Crippen LogP contribution is -2.16. The number of carboxylic acid groups (broad SMARTS) is 1. The van der Waals surface area contributed by atoms with Gasteiger partial charge in [0.25, 0.3) is 0 Å². The molecule has 1 atom stereocenters. The Morgan fingerprint density at radius 2 is 2.38 bits per heavy atom. The van der Waals surface area contributed by atoms with Gasteiger partial charge in [0.2, 0.25) is 0 Å². The van der Waals surface area contributed by atoms with Gasteiger partial charge in [0.15, 0.2) is 5.82 Å². The third-order valence-corrected chi connectivity index (χ3v) is 5.20. The van der Waals surface area contributed by atoms with E-state index in [-0.39, 0.29) is 12.3 Å². The monoisotopic (exact) mass is 306 g/mol. The van der Waals surface area contributed by atoms with Crippen LogP contribution in [0.5, 0.6) is 0 Å². The third-order valence-electron chi connectivity index (χ3n) is 3.97. The summed E-state index contributed by atoms with van der Waals surface area (Å²) in [5.41, 5.74) is 1.42. The molecule has 112 valence electrons. The fraction of sp³-hybridized carbons (Fsp3) is 0.571. The Balaban J connectivity index is 1.81. The van der Waals surface area contributed by atoms with Crippen LogP contribution < -0.4 is 0 Å². The van der Waals surface area contributed by atoms with Crippen LogP contribution in [0, 0.1) is 5.92 Å². The van der Waals surface area contributed by atoms with Gasteiger partial charge in [-0.1, -0.05) is 13.3 Å². The number of hydrogen-bond acceptors (Lipinski definition) is 5. The molecule has 0 aliphatic heterocycles. The first-order valence-electron chi connectivity index (χ1n) is 7.27. The maximum Gasteiger partial charge on any atom is 0.303 e. The van der Waals surface area contributed by atoms with Crippen LogP contribution in [-0.2, 0) is 24.2 Å². The Hall–Kier alpha value is -1.76. The lowest BCUT2D eigenvalue weighted by atomic mass is 10.0. The van der Waals surface area contributed by atoms with Gasteiger partial charge in [-0.15, -0.1) is 16.4 Å². The Morgan fingerprint density at radius 3 is 3.10 bits per heavy atom. The van der Waals surface area contributed by atoms with Crippen LogP contribution in [0.2, 0.25) is 0 Å². The van der Waals surface area contributed by atoms with Gasteiger partial charge in [-0.25, -0.2) is 4.68 Å². The molecule has 0 amide bonds. The van der Waals surface area contributed by atoms with Crippen molar-refractivity contribution in [1.82, 2.24) is 20.2 Å². The van der Waals surface area contributed by atoms with Crippen molar-refractivity contribution in [2.75, 3.05) is 0 Å². The van der Waals surface area contributed by atoms with Gasteiger partial charge in [-0.05, 0) is 47.2 Å². The molecule has 6 nitrogen and oxygen atoms in total. The minimum atomic E-state index is -0.772. The van der Waals surface area contributed by atoms with E-state index in [2.05, 4.69) is 21.6 Å². The van der Waals surface area contributed by atoms with Gasteiger partial charge in [-0.2, -0.15) is 0 Å². The van der Waals surface area contributed by atoms with Crippen LogP contribution >= 0.6 is 11.3 Å². The number of thiophene rings is 1. The van der Waals surface area contributed by atoms with E-state index in [1.165, 1.54) is 16.9 Å². The lowest BCUT2D eigenvalue weighted by molar-refractivity contribution is -0.138. The first kappa shape index (κ1) is 14.2. The van der Waals surface area contributed by atoms with Crippen molar-refractivity contribution >= 4 is 17.3 Å². The van der Waals surface area contributed by atoms with E-state index in [1.807, 2.05) is 6.92 Å². The van der Waals surface area contributed by atoms with Crippen molar-refractivity contribution in [1.29, 1.82) is 0 Å². The number of carbonyl (C=O) groups is 1. The number of rotatable bonds is 6.